The van der Waals surface area contributed by atoms with Crippen molar-refractivity contribution in [2.45, 2.75) is 44.6 Å². The van der Waals surface area contributed by atoms with Gasteiger partial charge in [0.05, 0.1) is 10.8 Å². The van der Waals surface area contributed by atoms with Gasteiger partial charge < -0.3 is 5.11 Å². The molecule has 1 N–H and O–H groups in total. The lowest BCUT2D eigenvalue weighted by atomic mass is 9.96. The molecule has 0 saturated carbocycles. The van der Waals surface area contributed by atoms with Crippen LogP contribution in [-0.4, -0.2) is 36.4 Å². The summed E-state index contributed by atoms with van der Waals surface area (Å²) in [4.78, 5) is 11.4. The summed E-state index contributed by atoms with van der Waals surface area (Å²) in [7, 11) is -3.66. The lowest BCUT2D eigenvalue weighted by molar-refractivity contribution is -0.143. The molecule has 1 heterocycles. The topological polar surface area (TPSA) is 74.7 Å². The minimum Gasteiger partial charge on any atom is -0.481 e. The molecule has 1 aliphatic heterocycles. The monoisotopic (exact) mass is 311 g/mol. The minimum atomic E-state index is -3.66. The predicted molar refractivity (Wildman–Crippen MR) is 79.6 cm³/mol. The van der Waals surface area contributed by atoms with Crippen molar-refractivity contribution in [2.75, 3.05) is 6.54 Å². The quantitative estimate of drug-likeness (QED) is 0.928. The maximum Gasteiger partial charge on any atom is 0.307 e. The largest absolute Gasteiger partial charge is 0.481 e. The lowest BCUT2D eigenvalue weighted by Crippen LogP contribution is -2.47. The fraction of sp³-hybridized carbons (Fsp3) is 0.533. The summed E-state index contributed by atoms with van der Waals surface area (Å²) in [6, 6.07) is 5.13. The van der Waals surface area contributed by atoms with Gasteiger partial charge in [0.1, 0.15) is 0 Å². The second-order valence-electron chi connectivity index (χ2n) is 5.81. The molecule has 0 bridgehead atoms. The van der Waals surface area contributed by atoms with Gasteiger partial charge in [-0.05, 0) is 50.8 Å². The SMILES string of the molecule is Cc1ccc(C)c(S(=O)(=O)N2CC(C(=O)O)CCC2C)c1. The number of hydrogen-bond donors (Lipinski definition) is 1. The molecule has 1 aromatic rings. The van der Waals surface area contributed by atoms with Gasteiger partial charge in [-0.1, -0.05) is 12.1 Å². The van der Waals surface area contributed by atoms with E-state index in [0.717, 1.165) is 5.56 Å². The third-order valence-electron chi connectivity index (χ3n) is 4.10. The Bertz CT molecular complexity index is 654. The third kappa shape index (κ3) is 3.11. The van der Waals surface area contributed by atoms with Crippen LogP contribution < -0.4 is 0 Å². The maximum absolute atomic E-state index is 12.9. The number of carbonyl (C=O) groups is 1. The lowest BCUT2D eigenvalue weighted by Gasteiger charge is -2.35. The number of aliphatic carboxylic acids is 1. The number of aryl methyl sites for hydroxylation is 2. The number of carboxylic acid groups (broad SMARTS) is 1. The number of piperidine rings is 1. The zero-order valence-corrected chi connectivity index (χ0v) is 13.4. The van der Waals surface area contributed by atoms with E-state index in [1.165, 1.54) is 4.31 Å². The molecular weight excluding hydrogens is 290 g/mol. The first-order chi connectivity index (χ1) is 9.73. The second kappa shape index (κ2) is 5.77. The van der Waals surface area contributed by atoms with Crippen molar-refractivity contribution in [2.24, 2.45) is 5.92 Å². The van der Waals surface area contributed by atoms with Crippen LogP contribution >= 0.6 is 0 Å². The molecular formula is C15H21NO4S. The maximum atomic E-state index is 12.9. The van der Waals surface area contributed by atoms with Gasteiger partial charge in [0, 0.05) is 12.6 Å². The van der Waals surface area contributed by atoms with Crippen LogP contribution in [0.15, 0.2) is 23.1 Å². The van der Waals surface area contributed by atoms with Crippen LogP contribution in [0, 0.1) is 19.8 Å². The van der Waals surface area contributed by atoms with E-state index in [1.807, 2.05) is 19.9 Å². The molecule has 1 aromatic carbocycles. The Balaban J connectivity index is 2.42. The average molecular weight is 311 g/mol. The second-order valence-corrected chi connectivity index (χ2v) is 7.66. The highest BCUT2D eigenvalue weighted by atomic mass is 32.2. The highest BCUT2D eigenvalue weighted by molar-refractivity contribution is 7.89. The van der Waals surface area contributed by atoms with E-state index in [-0.39, 0.29) is 17.5 Å². The summed E-state index contributed by atoms with van der Waals surface area (Å²) in [5, 5.41) is 9.16. The summed E-state index contributed by atoms with van der Waals surface area (Å²) < 4.78 is 27.1. The Morgan fingerprint density at radius 1 is 1.29 bits per heavy atom. The molecule has 1 fully saturated rings. The van der Waals surface area contributed by atoms with E-state index in [1.54, 1.807) is 19.1 Å². The summed E-state index contributed by atoms with van der Waals surface area (Å²) in [6.07, 6.45) is 1.09. The number of rotatable bonds is 3. The van der Waals surface area contributed by atoms with E-state index < -0.39 is 21.9 Å². The highest BCUT2D eigenvalue weighted by Crippen LogP contribution is 2.30. The summed E-state index contributed by atoms with van der Waals surface area (Å²) >= 11 is 0. The molecule has 6 heteroatoms. The fourth-order valence-electron chi connectivity index (χ4n) is 2.72. The molecule has 21 heavy (non-hydrogen) atoms. The number of sulfonamides is 1. The van der Waals surface area contributed by atoms with Gasteiger partial charge in [-0.2, -0.15) is 4.31 Å². The smallest absolute Gasteiger partial charge is 0.307 e. The van der Waals surface area contributed by atoms with Crippen molar-refractivity contribution in [3.63, 3.8) is 0 Å². The van der Waals surface area contributed by atoms with Gasteiger partial charge in [0.2, 0.25) is 10.0 Å². The summed E-state index contributed by atoms with van der Waals surface area (Å²) in [5.41, 5.74) is 1.56. The Morgan fingerprint density at radius 3 is 2.57 bits per heavy atom. The number of hydrogen-bond acceptors (Lipinski definition) is 3. The van der Waals surface area contributed by atoms with E-state index in [9.17, 15) is 13.2 Å². The summed E-state index contributed by atoms with van der Waals surface area (Å²) in [6.45, 7) is 5.49. The van der Waals surface area contributed by atoms with E-state index >= 15 is 0 Å². The predicted octanol–water partition coefficient (Wildman–Crippen LogP) is 2.18. The molecule has 0 radical (unpaired) electrons. The zero-order valence-electron chi connectivity index (χ0n) is 12.5. The fourth-order valence-corrected chi connectivity index (χ4v) is 4.74. The number of benzene rings is 1. The molecule has 116 valence electrons. The first-order valence-electron chi connectivity index (χ1n) is 7.05. The van der Waals surface area contributed by atoms with Crippen LogP contribution in [0.3, 0.4) is 0 Å². The average Bonchev–Trinajstić information content (AvgIpc) is 2.41. The van der Waals surface area contributed by atoms with Crippen LogP contribution in [0.1, 0.15) is 30.9 Å². The molecule has 0 spiro atoms. The molecule has 2 atom stereocenters. The minimum absolute atomic E-state index is 0.0478. The van der Waals surface area contributed by atoms with Crippen molar-refractivity contribution < 1.29 is 18.3 Å². The van der Waals surface area contributed by atoms with Crippen LogP contribution in [-0.2, 0) is 14.8 Å². The Kier molecular flexibility index (Phi) is 4.39. The molecule has 2 unspecified atom stereocenters. The van der Waals surface area contributed by atoms with Gasteiger partial charge in [0.25, 0.3) is 0 Å². The zero-order chi connectivity index (χ0) is 15.8. The Morgan fingerprint density at radius 2 is 1.95 bits per heavy atom. The molecule has 5 nitrogen and oxygen atoms in total. The first kappa shape index (κ1) is 16.0. The van der Waals surface area contributed by atoms with Gasteiger partial charge in [0.15, 0.2) is 0 Å². The number of nitrogens with zero attached hydrogens (tertiary/aromatic N) is 1. The molecule has 1 saturated heterocycles. The van der Waals surface area contributed by atoms with Crippen LogP contribution in [0.2, 0.25) is 0 Å². The normalized spacial score (nSPS) is 24.0. The van der Waals surface area contributed by atoms with E-state index in [4.69, 9.17) is 5.11 Å². The third-order valence-corrected chi connectivity index (χ3v) is 6.23. The summed E-state index contributed by atoms with van der Waals surface area (Å²) in [5.74, 6) is -1.55. The molecule has 2 rings (SSSR count). The Labute approximate surface area is 125 Å². The van der Waals surface area contributed by atoms with Crippen molar-refractivity contribution in [3.8, 4) is 0 Å². The van der Waals surface area contributed by atoms with E-state index in [0.29, 0.717) is 18.4 Å². The van der Waals surface area contributed by atoms with Crippen LogP contribution in [0.25, 0.3) is 0 Å². The van der Waals surface area contributed by atoms with Gasteiger partial charge in [-0.15, -0.1) is 0 Å². The first-order valence-corrected chi connectivity index (χ1v) is 8.49. The van der Waals surface area contributed by atoms with Gasteiger partial charge in [-0.3, -0.25) is 4.79 Å². The van der Waals surface area contributed by atoms with Crippen LogP contribution in [0.4, 0.5) is 0 Å². The molecule has 1 aliphatic rings. The standard InChI is InChI=1S/C15H21NO4S/c1-10-4-5-11(2)14(8-10)21(19,20)16-9-13(15(17)18)7-6-12(16)3/h4-5,8,12-13H,6-7,9H2,1-3H3,(H,17,18). The molecule has 0 aliphatic carbocycles. The van der Waals surface area contributed by atoms with Crippen molar-refractivity contribution in [1.82, 2.24) is 4.31 Å². The molecule has 0 amide bonds. The number of carboxylic acids is 1. The van der Waals surface area contributed by atoms with Crippen molar-refractivity contribution in [1.29, 1.82) is 0 Å². The highest BCUT2D eigenvalue weighted by Gasteiger charge is 2.37. The van der Waals surface area contributed by atoms with E-state index in [2.05, 4.69) is 0 Å². The van der Waals surface area contributed by atoms with Gasteiger partial charge >= 0.3 is 5.97 Å². The Hall–Kier alpha value is -1.40. The van der Waals surface area contributed by atoms with Gasteiger partial charge in [-0.25, -0.2) is 8.42 Å². The molecule has 0 aromatic heterocycles. The van der Waals surface area contributed by atoms with Crippen LogP contribution in [0.5, 0.6) is 0 Å². The van der Waals surface area contributed by atoms with Crippen molar-refractivity contribution >= 4 is 16.0 Å². The van der Waals surface area contributed by atoms with Crippen molar-refractivity contribution in [3.05, 3.63) is 29.3 Å².